The summed E-state index contributed by atoms with van der Waals surface area (Å²) >= 11 is 0.770. The van der Waals surface area contributed by atoms with Crippen LogP contribution in [-0.4, -0.2) is 21.6 Å². The molecule has 24 heavy (non-hydrogen) atoms. The minimum absolute atomic E-state index is 0.119. The van der Waals surface area contributed by atoms with E-state index in [1.165, 1.54) is 19.2 Å². The van der Waals surface area contributed by atoms with Crippen molar-refractivity contribution in [3.8, 4) is 6.07 Å². The molecule has 0 fully saturated rings. The van der Waals surface area contributed by atoms with Gasteiger partial charge in [-0.2, -0.15) is 18.4 Å². The van der Waals surface area contributed by atoms with E-state index in [2.05, 4.69) is 15.3 Å². The molecular weight excluding hydrogens is 341 g/mol. The monoisotopic (exact) mass is 352 g/mol. The molecule has 0 bridgehead atoms. The van der Waals surface area contributed by atoms with Crippen molar-refractivity contribution in [2.75, 3.05) is 11.1 Å². The van der Waals surface area contributed by atoms with Gasteiger partial charge in [0.1, 0.15) is 16.9 Å². The molecule has 0 spiro atoms. The number of anilines is 1. The van der Waals surface area contributed by atoms with Crippen LogP contribution in [0.2, 0.25) is 0 Å². The van der Waals surface area contributed by atoms with Gasteiger partial charge in [-0.25, -0.2) is 9.97 Å². The zero-order valence-corrected chi connectivity index (χ0v) is 13.2. The molecule has 0 atom stereocenters. The Labute approximate surface area is 139 Å². The Kier molecular flexibility index (Phi) is 5.41. The molecule has 2 heterocycles. The number of hydrogen-bond acceptors (Lipinski definition) is 5. The standard InChI is InChI=1S/C15H11F3N4OS/c1-9-6-11(15(16,17)18)10(7-19)14(21-9)24-8-13(23)22-12-4-2-3-5-20-12/h2-6H,8H2,1H3,(H,20,22,23). The van der Waals surface area contributed by atoms with Crippen molar-refractivity contribution in [1.82, 2.24) is 9.97 Å². The number of aryl methyl sites for hydroxylation is 1. The highest BCUT2D eigenvalue weighted by Crippen LogP contribution is 2.35. The summed E-state index contributed by atoms with van der Waals surface area (Å²) in [5.74, 6) is -0.324. The van der Waals surface area contributed by atoms with Crippen LogP contribution in [0, 0.1) is 18.3 Å². The predicted octanol–water partition coefficient (Wildman–Crippen LogP) is 3.41. The van der Waals surface area contributed by atoms with Gasteiger partial charge in [0.05, 0.1) is 16.9 Å². The quantitative estimate of drug-likeness (QED) is 0.853. The average molecular weight is 352 g/mol. The molecule has 0 aliphatic carbocycles. The third kappa shape index (κ3) is 4.45. The number of nitrogens with zero attached hydrogens (tertiary/aromatic N) is 3. The van der Waals surface area contributed by atoms with E-state index in [1.54, 1.807) is 18.2 Å². The first kappa shape index (κ1) is 17.7. The molecule has 0 saturated heterocycles. The van der Waals surface area contributed by atoms with Gasteiger partial charge in [0.2, 0.25) is 5.91 Å². The minimum atomic E-state index is -4.66. The first-order valence-corrected chi connectivity index (χ1v) is 7.62. The SMILES string of the molecule is Cc1cc(C(F)(F)F)c(C#N)c(SCC(=O)Nc2ccccn2)n1. The van der Waals surface area contributed by atoms with Crippen LogP contribution in [0.4, 0.5) is 19.0 Å². The van der Waals surface area contributed by atoms with Crippen molar-refractivity contribution < 1.29 is 18.0 Å². The number of nitrogens with one attached hydrogen (secondary N) is 1. The first-order valence-electron chi connectivity index (χ1n) is 6.64. The average Bonchev–Trinajstić information content (AvgIpc) is 2.52. The molecule has 5 nitrogen and oxygen atoms in total. The number of halogens is 3. The molecule has 0 radical (unpaired) electrons. The lowest BCUT2D eigenvalue weighted by Gasteiger charge is -2.12. The predicted molar refractivity (Wildman–Crippen MR) is 82.3 cm³/mol. The third-order valence-corrected chi connectivity index (χ3v) is 3.78. The van der Waals surface area contributed by atoms with Crippen molar-refractivity contribution in [1.29, 1.82) is 5.26 Å². The van der Waals surface area contributed by atoms with Crippen LogP contribution in [0.15, 0.2) is 35.5 Å². The zero-order chi connectivity index (χ0) is 17.7. The Balaban J connectivity index is 2.17. The number of rotatable bonds is 4. The van der Waals surface area contributed by atoms with Crippen molar-refractivity contribution in [3.63, 3.8) is 0 Å². The number of carbonyl (C=O) groups excluding carboxylic acids is 1. The summed E-state index contributed by atoms with van der Waals surface area (Å²) in [4.78, 5) is 19.7. The van der Waals surface area contributed by atoms with Gasteiger partial charge in [-0.05, 0) is 25.1 Å². The fourth-order valence-corrected chi connectivity index (χ4v) is 2.68. The Bertz CT molecular complexity index is 788. The Hall–Kier alpha value is -2.60. The normalized spacial score (nSPS) is 11.0. The second kappa shape index (κ2) is 7.31. The van der Waals surface area contributed by atoms with E-state index in [0.717, 1.165) is 17.8 Å². The molecule has 0 aliphatic heterocycles. The Morgan fingerprint density at radius 1 is 1.42 bits per heavy atom. The van der Waals surface area contributed by atoms with Crippen LogP contribution in [0.1, 0.15) is 16.8 Å². The van der Waals surface area contributed by atoms with E-state index in [4.69, 9.17) is 5.26 Å². The molecular formula is C15H11F3N4OS. The summed E-state index contributed by atoms with van der Waals surface area (Å²) in [6, 6.07) is 7.28. The van der Waals surface area contributed by atoms with Crippen LogP contribution in [-0.2, 0) is 11.0 Å². The molecule has 0 saturated carbocycles. The fourth-order valence-electron chi connectivity index (χ4n) is 1.83. The van der Waals surface area contributed by atoms with Gasteiger partial charge in [-0.3, -0.25) is 4.79 Å². The molecule has 9 heteroatoms. The number of thioether (sulfide) groups is 1. The van der Waals surface area contributed by atoms with E-state index in [-0.39, 0.29) is 16.5 Å². The van der Waals surface area contributed by atoms with E-state index < -0.39 is 23.2 Å². The second-order valence-corrected chi connectivity index (χ2v) is 5.62. The molecule has 2 aromatic heterocycles. The minimum Gasteiger partial charge on any atom is -0.310 e. The summed E-state index contributed by atoms with van der Waals surface area (Å²) in [7, 11) is 0. The Morgan fingerprint density at radius 2 is 2.17 bits per heavy atom. The first-order chi connectivity index (χ1) is 11.3. The lowest BCUT2D eigenvalue weighted by Crippen LogP contribution is -2.16. The van der Waals surface area contributed by atoms with E-state index >= 15 is 0 Å². The zero-order valence-electron chi connectivity index (χ0n) is 12.4. The van der Waals surface area contributed by atoms with Crippen LogP contribution >= 0.6 is 11.8 Å². The highest BCUT2D eigenvalue weighted by molar-refractivity contribution is 8.00. The molecule has 0 unspecified atom stereocenters. The molecule has 2 rings (SSSR count). The van der Waals surface area contributed by atoms with Crippen molar-refractivity contribution in [2.45, 2.75) is 18.1 Å². The topological polar surface area (TPSA) is 78.7 Å². The summed E-state index contributed by atoms with van der Waals surface area (Å²) < 4.78 is 39.0. The fraction of sp³-hybridized carbons (Fsp3) is 0.200. The van der Waals surface area contributed by atoms with Gasteiger partial charge >= 0.3 is 6.18 Å². The number of pyridine rings is 2. The summed E-state index contributed by atoms with van der Waals surface area (Å²) in [5, 5.41) is 11.4. The molecule has 1 amide bonds. The van der Waals surface area contributed by atoms with E-state index in [1.807, 2.05) is 0 Å². The van der Waals surface area contributed by atoms with Gasteiger partial charge in [0, 0.05) is 11.9 Å². The maximum absolute atomic E-state index is 13.0. The number of carbonyl (C=O) groups is 1. The lowest BCUT2D eigenvalue weighted by atomic mass is 10.1. The second-order valence-electron chi connectivity index (χ2n) is 4.65. The van der Waals surface area contributed by atoms with Crippen molar-refractivity contribution >= 4 is 23.5 Å². The highest BCUT2D eigenvalue weighted by atomic mass is 32.2. The smallest absolute Gasteiger partial charge is 0.310 e. The van der Waals surface area contributed by atoms with Crippen LogP contribution in [0.3, 0.4) is 0 Å². The maximum atomic E-state index is 13.0. The van der Waals surface area contributed by atoms with Crippen molar-refractivity contribution in [2.24, 2.45) is 0 Å². The number of nitriles is 1. The highest BCUT2D eigenvalue weighted by Gasteiger charge is 2.35. The number of amides is 1. The van der Waals surface area contributed by atoms with Gasteiger partial charge < -0.3 is 5.32 Å². The lowest BCUT2D eigenvalue weighted by molar-refractivity contribution is -0.138. The van der Waals surface area contributed by atoms with Crippen LogP contribution in [0.25, 0.3) is 0 Å². The van der Waals surface area contributed by atoms with Gasteiger partial charge in [0.15, 0.2) is 0 Å². The van der Waals surface area contributed by atoms with Gasteiger partial charge in [-0.15, -0.1) is 0 Å². The summed E-state index contributed by atoms with van der Waals surface area (Å²) in [6.45, 7) is 1.40. The van der Waals surface area contributed by atoms with Crippen molar-refractivity contribution in [3.05, 3.63) is 47.3 Å². The number of aromatic nitrogens is 2. The van der Waals surface area contributed by atoms with Gasteiger partial charge in [-0.1, -0.05) is 17.8 Å². The number of hydrogen-bond donors (Lipinski definition) is 1. The third-order valence-electron chi connectivity index (χ3n) is 2.80. The number of alkyl halides is 3. The molecule has 1 N–H and O–H groups in total. The molecule has 0 aliphatic rings. The van der Waals surface area contributed by atoms with E-state index in [0.29, 0.717) is 5.82 Å². The van der Waals surface area contributed by atoms with Gasteiger partial charge in [0.25, 0.3) is 0 Å². The molecule has 2 aromatic rings. The van der Waals surface area contributed by atoms with Crippen LogP contribution in [0.5, 0.6) is 0 Å². The largest absolute Gasteiger partial charge is 0.417 e. The summed E-state index contributed by atoms with van der Waals surface area (Å²) in [6.07, 6.45) is -3.17. The Morgan fingerprint density at radius 3 is 2.75 bits per heavy atom. The summed E-state index contributed by atoms with van der Waals surface area (Å²) in [5.41, 5.74) is -1.51. The van der Waals surface area contributed by atoms with E-state index in [9.17, 15) is 18.0 Å². The maximum Gasteiger partial charge on any atom is 0.417 e. The molecule has 124 valence electrons. The molecule has 0 aromatic carbocycles. The van der Waals surface area contributed by atoms with Crippen LogP contribution < -0.4 is 5.32 Å².